The smallest absolute Gasteiger partial charge is 0.352 e. The van der Waals surface area contributed by atoms with Crippen LogP contribution in [0.25, 0.3) is 11.0 Å². The third-order valence-electron chi connectivity index (χ3n) is 7.53. The molecule has 0 radical (unpaired) electrons. The van der Waals surface area contributed by atoms with E-state index >= 15 is 4.39 Å². The standard InChI is InChI=1S/C28H34F7N7O2/c1-14(2)42-23(37-13-38-42)25(44)41-20(15-7-9-27(31,32)10-8-15)22-39-18-6-5-16(19(29)21(18)40-22)17(11-28(33,34)35)24(43)36-12-26(3,4)30/h5-6,13-15,17,20H,7-12H2,1-4H3,(H,36,43)(H,39,40)(H,41,44). The first-order valence-corrected chi connectivity index (χ1v) is 14.1. The molecule has 2 atom stereocenters. The Balaban J connectivity index is 1.72. The number of carbonyl (C=O) groups excluding carboxylic acids is 2. The van der Waals surface area contributed by atoms with E-state index in [0.29, 0.717) is 0 Å². The second-order valence-electron chi connectivity index (χ2n) is 12.1. The number of imidazole rings is 1. The molecule has 1 aromatic carbocycles. The monoisotopic (exact) mass is 633 g/mol. The first-order chi connectivity index (χ1) is 20.3. The number of alkyl halides is 6. The van der Waals surface area contributed by atoms with Crippen LogP contribution in [0.2, 0.25) is 0 Å². The molecule has 3 N–H and O–H groups in total. The summed E-state index contributed by atoms with van der Waals surface area (Å²) < 4.78 is 99.5. The van der Waals surface area contributed by atoms with Gasteiger partial charge < -0.3 is 15.6 Å². The number of carbonyl (C=O) groups is 2. The number of fused-ring (bicyclic) bond motifs is 1. The number of hydrogen-bond donors (Lipinski definition) is 3. The second kappa shape index (κ2) is 12.3. The number of aromatic nitrogens is 5. The van der Waals surface area contributed by atoms with Gasteiger partial charge in [-0.15, -0.1) is 0 Å². The maximum absolute atomic E-state index is 15.9. The predicted molar refractivity (Wildman–Crippen MR) is 145 cm³/mol. The van der Waals surface area contributed by atoms with Gasteiger partial charge in [-0.3, -0.25) is 9.59 Å². The highest BCUT2D eigenvalue weighted by molar-refractivity contribution is 5.91. The molecule has 2 unspecified atom stereocenters. The molecule has 1 aliphatic carbocycles. The van der Waals surface area contributed by atoms with Crippen LogP contribution in [-0.4, -0.2) is 60.9 Å². The van der Waals surface area contributed by atoms with Gasteiger partial charge in [-0.1, -0.05) is 6.07 Å². The van der Waals surface area contributed by atoms with Crippen molar-refractivity contribution in [3.05, 3.63) is 41.5 Å². The summed E-state index contributed by atoms with van der Waals surface area (Å²) in [5.74, 6) is -8.65. The maximum Gasteiger partial charge on any atom is 0.390 e. The minimum atomic E-state index is -4.86. The van der Waals surface area contributed by atoms with E-state index in [9.17, 15) is 35.9 Å². The lowest BCUT2D eigenvalue weighted by molar-refractivity contribution is -0.148. The predicted octanol–water partition coefficient (Wildman–Crippen LogP) is 6.07. The van der Waals surface area contributed by atoms with Gasteiger partial charge in [-0.2, -0.15) is 18.3 Å². The first kappa shape index (κ1) is 33.2. The molecule has 1 aliphatic rings. The SMILES string of the molecule is CC(C)n1ncnc1C(=O)NC(c1nc2c(F)c(C(CC(F)(F)F)C(=O)NCC(C)(C)F)ccc2[nH]1)C1CCC(F)(F)CC1. The molecule has 242 valence electrons. The van der Waals surface area contributed by atoms with E-state index in [1.807, 2.05) is 0 Å². The second-order valence-corrected chi connectivity index (χ2v) is 12.1. The van der Waals surface area contributed by atoms with Gasteiger partial charge in [-0.05, 0) is 52.5 Å². The van der Waals surface area contributed by atoms with E-state index in [1.165, 1.54) is 17.1 Å². The minimum Gasteiger partial charge on any atom is -0.352 e. The van der Waals surface area contributed by atoms with Crippen molar-refractivity contribution in [3.63, 3.8) is 0 Å². The molecule has 16 heteroatoms. The van der Waals surface area contributed by atoms with E-state index in [2.05, 4.69) is 30.7 Å². The molecule has 4 rings (SSSR count). The average Bonchev–Trinajstić information content (AvgIpc) is 3.57. The van der Waals surface area contributed by atoms with E-state index in [1.54, 1.807) is 13.8 Å². The average molecular weight is 634 g/mol. The summed E-state index contributed by atoms with van der Waals surface area (Å²) in [6.45, 7) is 5.20. The van der Waals surface area contributed by atoms with Crippen molar-refractivity contribution in [2.75, 3.05) is 6.54 Å². The molecular formula is C28H34F7N7O2. The summed E-state index contributed by atoms with van der Waals surface area (Å²) in [4.78, 5) is 37.1. The van der Waals surface area contributed by atoms with Gasteiger partial charge in [0.05, 0.1) is 30.4 Å². The van der Waals surface area contributed by atoms with Crippen LogP contribution in [0.3, 0.4) is 0 Å². The van der Waals surface area contributed by atoms with Crippen molar-refractivity contribution < 1.29 is 40.3 Å². The molecular weight excluding hydrogens is 599 g/mol. The highest BCUT2D eigenvalue weighted by Crippen LogP contribution is 2.42. The Morgan fingerprint density at radius 1 is 1.14 bits per heavy atom. The topological polar surface area (TPSA) is 118 Å². The largest absolute Gasteiger partial charge is 0.390 e. The molecule has 3 aromatic rings. The lowest BCUT2D eigenvalue weighted by Gasteiger charge is -2.33. The quantitative estimate of drug-likeness (QED) is 0.234. The van der Waals surface area contributed by atoms with Gasteiger partial charge in [-0.25, -0.2) is 32.2 Å². The van der Waals surface area contributed by atoms with Crippen LogP contribution in [0.5, 0.6) is 0 Å². The summed E-state index contributed by atoms with van der Waals surface area (Å²) in [5.41, 5.74) is -2.90. The number of rotatable bonds is 10. The number of hydrogen-bond acceptors (Lipinski definition) is 5. The molecule has 1 saturated carbocycles. The Bertz CT molecular complexity index is 1480. The van der Waals surface area contributed by atoms with Crippen molar-refractivity contribution in [1.82, 2.24) is 35.4 Å². The van der Waals surface area contributed by atoms with Crippen molar-refractivity contribution in [3.8, 4) is 0 Å². The van der Waals surface area contributed by atoms with Crippen molar-refractivity contribution in [2.24, 2.45) is 5.92 Å². The third kappa shape index (κ3) is 7.86. The van der Waals surface area contributed by atoms with Crippen molar-refractivity contribution in [2.45, 2.75) is 95.6 Å². The molecule has 2 aromatic heterocycles. The van der Waals surface area contributed by atoms with Gasteiger partial charge in [0.25, 0.3) is 5.91 Å². The van der Waals surface area contributed by atoms with Crippen LogP contribution in [0.4, 0.5) is 30.7 Å². The van der Waals surface area contributed by atoms with Crippen LogP contribution < -0.4 is 10.6 Å². The zero-order valence-corrected chi connectivity index (χ0v) is 24.5. The Hall–Kier alpha value is -3.72. The van der Waals surface area contributed by atoms with Crippen LogP contribution in [-0.2, 0) is 4.79 Å². The molecule has 0 spiro atoms. The summed E-state index contributed by atoms with van der Waals surface area (Å²) in [5, 5.41) is 8.89. The summed E-state index contributed by atoms with van der Waals surface area (Å²) in [6.07, 6.45) is -6.29. The summed E-state index contributed by atoms with van der Waals surface area (Å²) in [7, 11) is 0. The molecule has 0 aliphatic heterocycles. The fourth-order valence-electron chi connectivity index (χ4n) is 5.29. The van der Waals surface area contributed by atoms with Gasteiger partial charge in [0.15, 0.2) is 5.82 Å². The van der Waals surface area contributed by atoms with E-state index in [-0.39, 0.29) is 36.0 Å². The van der Waals surface area contributed by atoms with Gasteiger partial charge in [0.1, 0.15) is 23.3 Å². The van der Waals surface area contributed by atoms with Gasteiger partial charge in [0.2, 0.25) is 17.7 Å². The van der Waals surface area contributed by atoms with E-state index in [0.717, 1.165) is 19.9 Å². The number of amides is 2. The number of nitrogens with one attached hydrogen (secondary N) is 3. The highest BCUT2D eigenvalue weighted by atomic mass is 19.4. The Morgan fingerprint density at radius 3 is 2.39 bits per heavy atom. The van der Waals surface area contributed by atoms with E-state index in [4.69, 9.17) is 0 Å². The molecule has 9 nitrogen and oxygen atoms in total. The molecule has 0 bridgehead atoms. The molecule has 1 fully saturated rings. The van der Waals surface area contributed by atoms with Crippen LogP contribution in [0.1, 0.15) is 99.8 Å². The number of halogens is 7. The highest BCUT2D eigenvalue weighted by Gasteiger charge is 2.41. The fraction of sp³-hybridized carbons (Fsp3) is 0.607. The van der Waals surface area contributed by atoms with Gasteiger partial charge in [0, 0.05) is 24.4 Å². The zero-order chi connectivity index (χ0) is 32.6. The molecule has 44 heavy (non-hydrogen) atoms. The Labute approximate surface area is 248 Å². The van der Waals surface area contributed by atoms with E-state index < -0.39 is 90.2 Å². The Morgan fingerprint density at radius 2 is 1.80 bits per heavy atom. The number of benzene rings is 1. The number of H-pyrrole nitrogens is 1. The zero-order valence-electron chi connectivity index (χ0n) is 24.5. The normalized spacial score (nSPS) is 17.5. The summed E-state index contributed by atoms with van der Waals surface area (Å²) in [6, 6.07) is 0.994. The molecule has 0 saturated heterocycles. The maximum atomic E-state index is 15.9. The summed E-state index contributed by atoms with van der Waals surface area (Å²) >= 11 is 0. The number of nitrogens with zero attached hydrogens (tertiary/aromatic N) is 4. The molecule has 2 heterocycles. The van der Waals surface area contributed by atoms with Crippen LogP contribution >= 0.6 is 0 Å². The lowest BCUT2D eigenvalue weighted by atomic mass is 9.81. The fourth-order valence-corrected chi connectivity index (χ4v) is 5.29. The lowest BCUT2D eigenvalue weighted by Crippen LogP contribution is -2.39. The third-order valence-corrected chi connectivity index (χ3v) is 7.53. The van der Waals surface area contributed by atoms with Crippen LogP contribution in [0, 0.1) is 11.7 Å². The number of aromatic amines is 1. The minimum absolute atomic E-state index is 0.00164. The van der Waals surface area contributed by atoms with Crippen molar-refractivity contribution >= 4 is 22.8 Å². The Kier molecular flexibility index (Phi) is 9.31. The van der Waals surface area contributed by atoms with Crippen LogP contribution in [0.15, 0.2) is 18.5 Å². The first-order valence-electron chi connectivity index (χ1n) is 14.1. The molecule has 2 amide bonds. The van der Waals surface area contributed by atoms with Crippen molar-refractivity contribution in [1.29, 1.82) is 0 Å². The van der Waals surface area contributed by atoms with Gasteiger partial charge >= 0.3 is 6.18 Å².